The molecule has 1 heterocycles. The number of amides is 1. The molecule has 1 N–H and O–H groups in total. The number of fused-ring (bicyclic) bond motifs is 1. The van der Waals surface area contributed by atoms with E-state index < -0.39 is 0 Å². The average molecular weight is 368 g/mol. The molecule has 0 aliphatic carbocycles. The van der Waals surface area contributed by atoms with E-state index in [1.54, 1.807) is 7.11 Å². The molecule has 134 valence electrons. The number of aromatic nitrogens is 1. The van der Waals surface area contributed by atoms with Gasteiger partial charge in [0.25, 0.3) is 0 Å². The first-order valence-corrected chi connectivity index (χ1v) is 9.27. The quantitative estimate of drug-likeness (QED) is 0.625. The number of aryl methyl sites for hydroxylation is 1. The lowest BCUT2D eigenvalue weighted by Gasteiger charge is -2.03. The first-order valence-electron chi connectivity index (χ1n) is 8.45. The summed E-state index contributed by atoms with van der Waals surface area (Å²) >= 11 is 1.38. The molecule has 0 atom stereocenters. The predicted octanol–water partition coefficient (Wildman–Crippen LogP) is 4.47. The predicted molar refractivity (Wildman–Crippen MR) is 104 cm³/mol. The van der Waals surface area contributed by atoms with Crippen molar-refractivity contribution in [3.63, 3.8) is 0 Å². The third-order valence-corrected chi connectivity index (χ3v) is 5.04. The standard InChI is InChI=1S/C20H20N2O3S/c1-3-13-4-6-14(7-5-13)17(23)10-11-19(24)22-20-21-16-9-8-15(25-2)12-18(16)26-20/h4-9,12H,3,10-11H2,1-2H3,(H,21,22,24). The number of ether oxygens (including phenoxy) is 1. The fourth-order valence-electron chi connectivity index (χ4n) is 2.56. The second kappa shape index (κ2) is 8.10. The summed E-state index contributed by atoms with van der Waals surface area (Å²) < 4.78 is 6.12. The van der Waals surface area contributed by atoms with Crippen LogP contribution in [0.3, 0.4) is 0 Å². The molecule has 0 spiro atoms. The molecule has 6 heteroatoms. The Morgan fingerprint density at radius 2 is 1.88 bits per heavy atom. The Morgan fingerprint density at radius 3 is 2.58 bits per heavy atom. The molecule has 1 aromatic heterocycles. The molecule has 0 unspecified atom stereocenters. The van der Waals surface area contributed by atoms with Crippen LogP contribution in [0.25, 0.3) is 10.2 Å². The van der Waals surface area contributed by atoms with E-state index >= 15 is 0 Å². The zero-order valence-corrected chi connectivity index (χ0v) is 15.6. The number of carbonyl (C=O) groups is 2. The van der Waals surface area contributed by atoms with E-state index in [-0.39, 0.29) is 24.5 Å². The summed E-state index contributed by atoms with van der Waals surface area (Å²) in [6.07, 6.45) is 1.24. The zero-order valence-electron chi connectivity index (χ0n) is 14.7. The fraction of sp³-hybridized carbons (Fsp3) is 0.250. The zero-order chi connectivity index (χ0) is 18.5. The van der Waals surface area contributed by atoms with Crippen molar-refractivity contribution in [2.24, 2.45) is 0 Å². The Hall–Kier alpha value is -2.73. The summed E-state index contributed by atoms with van der Waals surface area (Å²) in [7, 11) is 1.61. The number of benzene rings is 2. The lowest BCUT2D eigenvalue weighted by atomic mass is 10.0. The summed E-state index contributed by atoms with van der Waals surface area (Å²) in [6.45, 7) is 2.07. The molecule has 5 nitrogen and oxygen atoms in total. The summed E-state index contributed by atoms with van der Waals surface area (Å²) in [5.74, 6) is 0.505. The third-order valence-electron chi connectivity index (χ3n) is 4.11. The monoisotopic (exact) mass is 368 g/mol. The summed E-state index contributed by atoms with van der Waals surface area (Å²) in [6, 6.07) is 13.1. The number of carbonyl (C=O) groups excluding carboxylic acids is 2. The van der Waals surface area contributed by atoms with Gasteiger partial charge in [-0.2, -0.15) is 0 Å². The molecule has 0 saturated carbocycles. The van der Waals surface area contributed by atoms with Crippen LogP contribution in [0.4, 0.5) is 5.13 Å². The number of methoxy groups -OCH3 is 1. The first kappa shape index (κ1) is 18.1. The van der Waals surface area contributed by atoms with Crippen LogP contribution in [0.5, 0.6) is 5.75 Å². The highest BCUT2D eigenvalue weighted by Gasteiger charge is 2.12. The number of nitrogens with one attached hydrogen (secondary N) is 1. The Balaban J connectivity index is 1.57. The number of ketones is 1. The van der Waals surface area contributed by atoms with E-state index in [9.17, 15) is 9.59 Å². The minimum Gasteiger partial charge on any atom is -0.497 e. The number of rotatable bonds is 7. The number of thiazole rings is 1. The van der Waals surface area contributed by atoms with E-state index in [1.807, 2.05) is 42.5 Å². The van der Waals surface area contributed by atoms with Crippen molar-refractivity contribution in [1.82, 2.24) is 4.98 Å². The van der Waals surface area contributed by atoms with Gasteiger partial charge in [0.05, 0.1) is 17.3 Å². The van der Waals surface area contributed by atoms with Crippen molar-refractivity contribution >= 4 is 38.4 Å². The van der Waals surface area contributed by atoms with Gasteiger partial charge < -0.3 is 10.1 Å². The van der Waals surface area contributed by atoms with E-state index in [2.05, 4.69) is 17.2 Å². The molecule has 0 aliphatic rings. The third kappa shape index (κ3) is 4.26. The van der Waals surface area contributed by atoms with Gasteiger partial charge in [0.2, 0.25) is 5.91 Å². The van der Waals surface area contributed by atoms with Gasteiger partial charge in [0.1, 0.15) is 5.75 Å². The highest BCUT2D eigenvalue weighted by Crippen LogP contribution is 2.29. The van der Waals surface area contributed by atoms with Gasteiger partial charge in [0, 0.05) is 18.4 Å². The number of Topliss-reactive ketones (excluding diaryl/α,β-unsaturated/α-hetero) is 1. The van der Waals surface area contributed by atoms with Crippen LogP contribution in [0.1, 0.15) is 35.7 Å². The normalized spacial score (nSPS) is 10.7. The summed E-state index contributed by atoms with van der Waals surface area (Å²) in [5.41, 5.74) is 2.63. The van der Waals surface area contributed by atoms with E-state index in [0.717, 1.165) is 22.4 Å². The van der Waals surface area contributed by atoms with Gasteiger partial charge in [-0.3, -0.25) is 9.59 Å². The molecular formula is C20H20N2O3S. The highest BCUT2D eigenvalue weighted by atomic mass is 32.1. The lowest BCUT2D eigenvalue weighted by Crippen LogP contribution is -2.13. The van der Waals surface area contributed by atoms with E-state index in [4.69, 9.17) is 4.74 Å². The Labute approximate surface area is 156 Å². The summed E-state index contributed by atoms with van der Waals surface area (Å²) in [5, 5.41) is 3.30. The van der Waals surface area contributed by atoms with Crippen molar-refractivity contribution in [2.45, 2.75) is 26.2 Å². The van der Waals surface area contributed by atoms with Crippen molar-refractivity contribution in [3.8, 4) is 5.75 Å². The van der Waals surface area contributed by atoms with Gasteiger partial charge in [-0.25, -0.2) is 4.98 Å². The Bertz CT molecular complexity index is 932. The van der Waals surface area contributed by atoms with Gasteiger partial charge in [0.15, 0.2) is 10.9 Å². The van der Waals surface area contributed by atoms with Gasteiger partial charge in [-0.1, -0.05) is 42.5 Å². The molecule has 3 aromatic rings. The first-order chi connectivity index (χ1) is 12.6. The van der Waals surface area contributed by atoms with Crippen LogP contribution in [0.2, 0.25) is 0 Å². The van der Waals surface area contributed by atoms with Crippen molar-refractivity contribution in [3.05, 3.63) is 53.6 Å². The number of anilines is 1. The van der Waals surface area contributed by atoms with Crippen molar-refractivity contribution < 1.29 is 14.3 Å². The topological polar surface area (TPSA) is 68.3 Å². The molecule has 2 aromatic carbocycles. The summed E-state index contributed by atoms with van der Waals surface area (Å²) in [4.78, 5) is 28.7. The fourth-order valence-corrected chi connectivity index (χ4v) is 3.48. The second-order valence-electron chi connectivity index (χ2n) is 5.87. The highest BCUT2D eigenvalue weighted by molar-refractivity contribution is 7.22. The largest absolute Gasteiger partial charge is 0.497 e. The maximum absolute atomic E-state index is 12.2. The minimum absolute atomic E-state index is 0.0307. The maximum Gasteiger partial charge on any atom is 0.226 e. The minimum atomic E-state index is -0.213. The van der Waals surface area contributed by atoms with Gasteiger partial charge in [-0.15, -0.1) is 0 Å². The second-order valence-corrected chi connectivity index (χ2v) is 6.91. The molecule has 26 heavy (non-hydrogen) atoms. The Kier molecular flexibility index (Phi) is 5.63. The molecule has 0 aliphatic heterocycles. The molecule has 0 fully saturated rings. The molecule has 0 radical (unpaired) electrons. The van der Waals surface area contributed by atoms with Crippen LogP contribution in [-0.2, 0) is 11.2 Å². The van der Waals surface area contributed by atoms with Crippen LogP contribution in [0.15, 0.2) is 42.5 Å². The van der Waals surface area contributed by atoms with E-state index in [1.165, 1.54) is 16.9 Å². The molecule has 3 rings (SSSR count). The van der Waals surface area contributed by atoms with Crippen molar-refractivity contribution in [2.75, 3.05) is 12.4 Å². The van der Waals surface area contributed by atoms with Crippen LogP contribution < -0.4 is 10.1 Å². The maximum atomic E-state index is 12.2. The van der Waals surface area contributed by atoms with Gasteiger partial charge >= 0.3 is 0 Å². The Morgan fingerprint density at radius 1 is 1.12 bits per heavy atom. The van der Waals surface area contributed by atoms with Gasteiger partial charge in [-0.05, 0) is 30.2 Å². The number of hydrogen-bond donors (Lipinski definition) is 1. The SMILES string of the molecule is CCc1ccc(C(=O)CCC(=O)Nc2nc3ccc(OC)cc3s2)cc1. The van der Waals surface area contributed by atoms with Crippen molar-refractivity contribution in [1.29, 1.82) is 0 Å². The van der Waals surface area contributed by atoms with E-state index in [0.29, 0.717) is 10.7 Å². The smallest absolute Gasteiger partial charge is 0.226 e. The molecule has 1 amide bonds. The number of hydrogen-bond acceptors (Lipinski definition) is 5. The van der Waals surface area contributed by atoms with Crippen LogP contribution >= 0.6 is 11.3 Å². The van der Waals surface area contributed by atoms with Crippen LogP contribution in [-0.4, -0.2) is 23.8 Å². The average Bonchev–Trinajstić information content (AvgIpc) is 3.07. The molecule has 0 bridgehead atoms. The molecular weight excluding hydrogens is 348 g/mol. The molecule has 0 saturated heterocycles. The number of nitrogens with zero attached hydrogens (tertiary/aromatic N) is 1. The lowest BCUT2D eigenvalue weighted by molar-refractivity contribution is -0.116. The van der Waals surface area contributed by atoms with Crippen LogP contribution in [0, 0.1) is 0 Å².